The molecule has 0 aromatic heterocycles. The van der Waals surface area contributed by atoms with Crippen LogP contribution in [0.2, 0.25) is 0 Å². The second-order valence-electron chi connectivity index (χ2n) is 3.38. The van der Waals surface area contributed by atoms with E-state index in [-0.39, 0.29) is 11.6 Å². The van der Waals surface area contributed by atoms with Gasteiger partial charge in [-0.15, -0.1) is 0 Å². The highest BCUT2D eigenvalue weighted by Gasteiger charge is 2.08. The Morgan fingerprint density at radius 1 is 1.20 bits per heavy atom. The number of hydrogen-bond acceptors (Lipinski definition) is 3. The predicted molar refractivity (Wildman–Crippen MR) is 60.6 cm³/mol. The lowest BCUT2D eigenvalue weighted by Crippen LogP contribution is -2.02. The number of Topliss-reactive ketones (excluding diaryl/α,β-unsaturated/α-hetero) is 2. The maximum Gasteiger partial charge on any atom is 0.162 e. The normalized spacial score (nSPS) is 9.80. The first kappa shape index (κ1) is 11.4. The summed E-state index contributed by atoms with van der Waals surface area (Å²) in [6.07, 6.45) is 0.449. The molecule has 0 bridgehead atoms. The minimum atomic E-state index is -0.0303. The molecule has 1 aromatic rings. The van der Waals surface area contributed by atoms with Gasteiger partial charge in [-0.2, -0.15) is 0 Å². The zero-order valence-corrected chi connectivity index (χ0v) is 9.26. The Kier molecular flexibility index (Phi) is 3.61. The van der Waals surface area contributed by atoms with Gasteiger partial charge in [-0.25, -0.2) is 0 Å². The highest BCUT2D eigenvalue weighted by Crippen LogP contribution is 2.16. The molecule has 0 aliphatic carbocycles. The van der Waals surface area contributed by atoms with Crippen LogP contribution in [0.3, 0.4) is 0 Å². The molecule has 1 rings (SSSR count). The van der Waals surface area contributed by atoms with Crippen LogP contribution in [0.25, 0.3) is 0 Å². The second-order valence-corrected chi connectivity index (χ2v) is 3.38. The van der Waals surface area contributed by atoms with E-state index in [0.29, 0.717) is 17.5 Å². The molecule has 0 saturated heterocycles. The Morgan fingerprint density at radius 3 is 2.27 bits per heavy atom. The zero-order valence-electron chi connectivity index (χ0n) is 9.26. The molecule has 15 heavy (non-hydrogen) atoms. The molecule has 0 atom stereocenters. The first-order chi connectivity index (χ1) is 7.08. The van der Waals surface area contributed by atoms with Crippen molar-refractivity contribution in [3.8, 4) is 0 Å². The minimum Gasteiger partial charge on any atom is -0.388 e. The van der Waals surface area contributed by atoms with Crippen LogP contribution in [0.15, 0.2) is 18.2 Å². The smallest absolute Gasteiger partial charge is 0.162 e. The molecule has 3 nitrogen and oxygen atoms in total. The molecule has 0 spiro atoms. The van der Waals surface area contributed by atoms with Crippen LogP contribution in [0.5, 0.6) is 0 Å². The molecular formula is C12H15NO2. The average Bonchev–Trinajstić information content (AvgIpc) is 2.27. The third-order valence-electron chi connectivity index (χ3n) is 2.27. The molecule has 1 aromatic carbocycles. The summed E-state index contributed by atoms with van der Waals surface area (Å²) in [4.78, 5) is 22.8. The van der Waals surface area contributed by atoms with E-state index >= 15 is 0 Å². The van der Waals surface area contributed by atoms with Crippen molar-refractivity contribution in [1.29, 1.82) is 0 Å². The zero-order chi connectivity index (χ0) is 11.4. The molecule has 80 valence electrons. The number of nitrogens with one attached hydrogen (secondary N) is 1. The molecule has 3 heteroatoms. The van der Waals surface area contributed by atoms with Gasteiger partial charge >= 0.3 is 0 Å². The molecule has 0 heterocycles. The standard InChI is InChI=1S/C12H15NO2/c1-4-12(15)10-5-9(8(2)14)6-11(7-10)13-3/h5-7,13H,4H2,1-3H3. The van der Waals surface area contributed by atoms with Crippen LogP contribution in [-0.4, -0.2) is 18.6 Å². The largest absolute Gasteiger partial charge is 0.388 e. The van der Waals surface area contributed by atoms with Gasteiger partial charge in [0, 0.05) is 30.3 Å². The van der Waals surface area contributed by atoms with Crippen LogP contribution < -0.4 is 5.32 Å². The van der Waals surface area contributed by atoms with Crippen LogP contribution in [0.4, 0.5) is 5.69 Å². The molecule has 0 unspecified atom stereocenters. The van der Waals surface area contributed by atoms with Gasteiger partial charge in [0.05, 0.1) is 0 Å². The van der Waals surface area contributed by atoms with Gasteiger partial charge in [0.1, 0.15) is 0 Å². The Bertz CT molecular complexity index is 397. The third kappa shape index (κ3) is 2.65. The van der Waals surface area contributed by atoms with Crippen molar-refractivity contribution in [2.45, 2.75) is 20.3 Å². The van der Waals surface area contributed by atoms with Gasteiger partial charge in [-0.05, 0) is 25.1 Å². The number of benzene rings is 1. The van der Waals surface area contributed by atoms with E-state index in [1.54, 1.807) is 25.2 Å². The highest BCUT2D eigenvalue weighted by molar-refractivity contribution is 6.01. The van der Waals surface area contributed by atoms with Crippen LogP contribution in [-0.2, 0) is 0 Å². The highest BCUT2D eigenvalue weighted by atomic mass is 16.1. The summed E-state index contributed by atoms with van der Waals surface area (Å²) in [5.41, 5.74) is 1.95. The van der Waals surface area contributed by atoms with Crippen LogP contribution in [0, 0.1) is 0 Å². The van der Waals surface area contributed by atoms with E-state index in [1.807, 2.05) is 6.92 Å². The van der Waals surface area contributed by atoms with E-state index in [4.69, 9.17) is 0 Å². The van der Waals surface area contributed by atoms with E-state index in [1.165, 1.54) is 6.92 Å². The van der Waals surface area contributed by atoms with Crippen molar-refractivity contribution >= 4 is 17.3 Å². The summed E-state index contributed by atoms with van der Waals surface area (Å²) in [5, 5.41) is 2.94. The molecular weight excluding hydrogens is 190 g/mol. The summed E-state index contributed by atoms with van der Waals surface area (Å²) >= 11 is 0. The Morgan fingerprint density at radius 2 is 1.80 bits per heavy atom. The van der Waals surface area contributed by atoms with Crippen molar-refractivity contribution in [1.82, 2.24) is 0 Å². The lowest BCUT2D eigenvalue weighted by atomic mass is 10.0. The van der Waals surface area contributed by atoms with E-state index in [9.17, 15) is 9.59 Å². The molecule has 0 aliphatic heterocycles. The summed E-state index contributed by atoms with van der Waals surface area (Å²) in [7, 11) is 1.76. The SMILES string of the molecule is CCC(=O)c1cc(NC)cc(C(C)=O)c1. The first-order valence-electron chi connectivity index (χ1n) is 4.95. The summed E-state index contributed by atoms with van der Waals surface area (Å²) in [6, 6.07) is 5.15. The lowest BCUT2D eigenvalue weighted by Gasteiger charge is -2.06. The van der Waals surface area contributed by atoms with Crippen molar-refractivity contribution in [2.24, 2.45) is 0 Å². The van der Waals surface area contributed by atoms with E-state index < -0.39 is 0 Å². The Balaban J connectivity index is 3.23. The van der Waals surface area contributed by atoms with Gasteiger partial charge in [-0.3, -0.25) is 9.59 Å². The topological polar surface area (TPSA) is 46.2 Å². The van der Waals surface area contributed by atoms with Gasteiger partial charge in [-0.1, -0.05) is 6.92 Å². The van der Waals surface area contributed by atoms with Crippen molar-refractivity contribution in [3.63, 3.8) is 0 Å². The van der Waals surface area contributed by atoms with E-state index in [2.05, 4.69) is 5.32 Å². The number of carbonyl (C=O) groups is 2. The second kappa shape index (κ2) is 4.73. The molecule has 0 radical (unpaired) electrons. The Hall–Kier alpha value is -1.64. The maximum atomic E-state index is 11.5. The Labute approximate surface area is 89.5 Å². The fourth-order valence-corrected chi connectivity index (χ4v) is 1.34. The van der Waals surface area contributed by atoms with Crippen molar-refractivity contribution in [3.05, 3.63) is 29.3 Å². The fourth-order valence-electron chi connectivity index (χ4n) is 1.34. The molecule has 0 amide bonds. The number of rotatable bonds is 4. The van der Waals surface area contributed by atoms with Gasteiger partial charge < -0.3 is 5.32 Å². The lowest BCUT2D eigenvalue weighted by molar-refractivity contribution is 0.0988. The van der Waals surface area contributed by atoms with Gasteiger partial charge in [0.2, 0.25) is 0 Å². The summed E-state index contributed by atoms with van der Waals surface area (Å²) < 4.78 is 0. The van der Waals surface area contributed by atoms with Crippen LogP contribution >= 0.6 is 0 Å². The summed E-state index contributed by atoms with van der Waals surface area (Å²) in [6.45, 7) is 3.30. The molecule has 1 N–H and O–H groups in total. The molecule has 0 saturated carbocycles. The molecule has 0 fully saturated rings. The number of carbonyl (C=O) groups excluding carboxylic acids is 2. The number of anilines is 1. The van der Waals surface area contributed by atoms with Crippen LogP contribution in [0.1, 0.15) is 41.0 Å². The number of ketones is 2. The van der Waals surface area contributed by atoms with Gasteiger partial charge in [0.25, 0.3) is 0 Å². The first-order valence-corrected chi connectivity index (χ1v) is 4.95. The van der Waals surface area contributed by atoms with Crippen molar-refractivity contribution < 1.29 is 9.59 Å². The fraction of sp³-hybridized carbons (Fsp3) is 0.333. The molecule has 0 aliphatic rings. The maximum absolute atomic E-state index is 11.5. The van der Waals surface area contributed by atoms with Crippen molar-refractivity contribution in [2.75, 3.05) is 12.4 Å². The number of hydrogen-bond donors (Lipinski definition) is 1. The quantitative estimate of drug-likeness (QED) is 0.768. The van der Waals surface area contributed by atoms with E-state index in [0.717, 1.165) is 5.69 Å². The third-order valence-corrected chi connectivity index (χ3v) is 2.27. The minimum absolute atomic E-state index is 0.0303. The monoisotopic (exact) mass is 205 g/mol. The van der Waals surface area contributed by atoms with Gasteiger partial charge in [0.15, 0.2) is 11.6 Å². The summed E-state index contributed by atoms with van der Waals surface area (Å²) in [5.74, 6) is 0.0202. The average molecular weight is 205 g/mol. The predicted octanol–water partition coefficient (Wildman–Crippen LogP) is 2.52.